The number of nitrogens with zero attached hydrogens (tertiary/aromatic N) is 1. The molecule has 4 aromatic rings. The van der Waals surface area contributed by atoms with Gasteiger partial charge >= 0.3 is 0 Å². The zero-order chi connectivity index (χ0) is 20.2. The summed E-state index contributed by atoms with van der Waals surface area (Å²) in [6.07, 6.45) is 5.27. The number of carbonyl (C=O) groups is 1. The van der Waals surface area contributed by atoms with Gasteiger partial charge in [-0.05, 0) is 64.6 Å². The summed E-state index contributed by atoms with van der Waals surface area (Å²) < 4.78 is 5.61. The molecule has 0 saturated heterocycles. The van der Waals surface area contributed by atoms with E-state index in [0.29, 0.717) is 5.56 Å². The predicted molar refractivity (Wildman–Crippen MR) is 120 cm³/mol. The molecule has 3 N–H and O–H groups in total. The van der Waals surface area contributed by atoms with E-state index in [2.05, 4.69) is 10.4 Å². The van der Waals surface area contributed by atoms with Gasteiger partial charge in [0.15, 0.2) is 5.09 Å². The van der Waals surface area contributed by atoms with Gasteiger partial charge < -0.3 is 15.6 Å². The lowest BCUT2D eigenvalue weighted by Crippen LogP contribution is -2.12. The molecular formula is C23H19N3O2S. The molecule has 0 atom stereocenters. The highest BCUT2D eigenvalue weighted by Crippen LogP contribution is 2.34. The fourth-order valence-corrected chi connectivity index (χ4v) is 3.59. The Balaban J connectivity index is 1.84. The molecule has 3 aromatic carbocycles. The molecule has 144 valence electrons. The molecule has 0 aliphatic carbocycles. The van der Waals surface area contributed by atoms with Gasteiger partial charge in [-0.1, -0.05) is 42.1 Å². The Morgan fingerprint density at radius 1 is 1.10 bits per heavy atom. The summed E-state index contributed by atoms with van der Waals surface area (Å²) in [6.45, 7) is 0. The summed E-state index contributed by atoms with van der Waals surface area (Å²) in [7, 11) is 0. The zero-order valence-electron chi connectivity index (χ0n) is 15.8. The van der Waals surface area contributed by atoms with Crippen LogP contribution in [-0.4, -0.2) is 18.4 Å². The number of benzene rings is 3. The summed E-state index contributed by atoms with van der Waals surface area (Å²) >= 11 is 1.53. The molecule has 0 saturated carbocycles. The van der Waals surface area contributed by atoms with Crippen molar-refractivity contribution in [2.45, 2.75) is 5.09 Å². The number of fused-ring (bicyclic) bond motifs is 1. The number of furan rings is 1. The number of nitrogens with two attached hydrogens (primary N) is 1. The first kappa shape index (κ1) is 18.8. The van der Waals surface area contributed by atoms with Crippen LogP contribution in [0.2, 0.25) is 0 Å². The molecule has 1 heterocycles. The van der Waals surface area contributed by atoms with Crippen molar-refractivity contribution >= 4 is 40.3 Å². The van der Waals surface area contributed by atoms with E-state index < -0.39 is 0 Å². The van der Waals surface area contributed by atoms with Crippen LogP contribution in [0.3, 0.4) is 0 Å². The number of hydrogen-bond acceptors (Lipinski definition) is 5. The second kappa shape index (κ2) is 8.24. The van der Waals surface area contributed by atoms with Gasteiger partial charge in [-0.25, -0.2) is 0 Å². The summed E-state index contributed by atoms with van der Waals surface area (Å²) in [5, 5.41) is 9.31. The number of para-hydroxylation sites is 1. The molecule has 6 heteroatoms. The van der Waals surface area contributed by atoms with Gasteiger partial charge in [0, 0.05) is 16.8 Å². The van der Waals surface area contributed by atoms with Gasteiger partial charge in [-0.15, -0.1) is 0 Å². The second-order valence-electron chi connectivity index (χ2n) is 6.46. The van der Waals surface area contributed by atoms with Crippen molar-refractivity contribution in [1.29, 1.82) is 0 Å². The number of carbonyl (C=O) groups excluding carboxylic acids is 1. The van der Waals surface area contributed by atoms with Crippen LogP contribution in [0.5, 0.6) is 0 Å². The summed E-state index contributed by atoms with van der Waals surface area (Å²) in [5.41, 5.74) is 4.04. The largest absolute Gasteiger partial charge is 0.458 e. The Bertz CT molecular complexity index is 1200. The van der Waals surface area contributed by atoms with Gasteiger partial charge in [0.1, 0.15) is 0 Å². The molecular weight excluding hydrogens is 382 g/mol. The fraction of sp³-hybridized carbons (Fsp3) is 0.0435. The minimum Gasteiger partial charge on any atom is -0.458 e. The second-order valence-corrected chi connectivity index (χ2v) is 7.27. The van der Waals surface area contributed by atoms with Gasteiger partial charge in [0.25, 0.3) is 5.91 Å². The number of nitrogens with one attached hydrogen (secondary N) is 1. The van der Waals surface area contributed by atoms with Crippen LogP contribution in [0.15, 0.2) is 87.6 Å². The first-order valence-corrected chi connectivity index (χ1v) is 10.2. The summed E-state index contributed by atoms with van der Waals surface area (Å²) in [4.78, 5) is 12.9. The van der Waals surface area contributed by atoms with Crippen LogP contribution in [-0.2, 0) is 0 Å². The van der Waals surface area contributed by atoms with E-state index in [1.165, 1.54) is 11.8 Å². The van der Waals surface area contributed by atoms with Crippen molar-refractivity contribution in [3.05, 3.63) is 84.1 Å². The molecule has 4 rings (SSSR count). The van der Waals surface area contributed by atoms with E-state index in [0.717, 1.165) is 38.2 Å². The zero-order valence-corrected chi connectivity index (χ0v) is 16.6. The number of amides is 1. The molecule has 0 spiro atoms. The Morgan fingerprint density at radius 3 is 2.66 bits per heavy atom. The SMILES string of the molecule is CSc1cc(-c2cc(C(=O)Nc3ccccc3)cc3ccc(C=NN)cc23)co1. The van der Waals surface area contributed by atoms with Crippen LogP contribution in [0, 0.1) is 0 Å². The molecule has 29 heavy (non-hydrogen) atoms. The van der Waals surface area contributed by atoms with Crippen LogP contribution in [0.25, 0.3) is 21.9 Å². The molecule has 5 nitrogen and oxygen atoms in total. The number of hydrogen-bond donors (Lipinski definition) is 2. The lowest BCUT2D eigenvalue weighted by atomic mass is 9.95. The minimum absolute atomic E-state index is 0.166. The Morgan fingerprint density at radius 2 is 1.93 bits per heavy atom. The van der Waals surface area contributed by atoms with Crippen molar-refractivity contribution in [2.24, 2.45) is 10.9 Å². The molecule has 0 fully saturated rings. The number of thioether (sulfide) groups is 1. The van der Waals surface area contributed by atoms with Crippen LogP contribution < -0.4 is 11.2 Å². The van der Waals surface area contributed by atoms with Crippen molar-refractivity contribution in [2.75, 3.05) is 11.6 Å². The maximum atomic E-state index is 12.9. The van der Waals surface area contributed by atoms with E-state index in [1.54, 1.807) is 12.5 Å². The van der Waals surface area contributed by atoms with Crippen LogP contribution in [0.4, 0.5) is 5.69 Å². The third kappa shape index (κ3) is 4.02. The maximum Gasteiger partial charge on any atom is 0.255 e. The molecule has 0 bridgehead atoms. The standard InChI is InChI=1S/C23H19N3O2S/c1-29-22-12-18(14-28-22)21-11-17(23(27)26-19-5-3-2-4-6-19)10-16-8-7-15(13-25-24)9-20(16)21/h2-14H,24H2,1H3,(H,26,27). The average molecular weight is 401 g/mol. The highest BCUT2D eigenvalue weighted by atomic mass is 32.2. The Hall–Kier alpha value is -3.51. The summed E-state index contributed by atoms with van der Waals surface area (Å²) in [5.74, 6) is 5.14. The van der Waals surface area contributed by atoms with E-state index in [4.69, 9.17) is 10.3 Å². The third-order valence-electron chi connectivity index (χ3n) is 4.58. The van der Waals surface area contributed by atoms with Gasteiger partial charge in [0.2, 0.25) is 0 Å². The third-order valence-corrected chi connectivity index (χ3v) is 5.20. The number of rotatable bonds is 5. The van der Waals surface area contributed by atoms with Crippen molar-refractivity contribution in [1.82, 2.24) is 0 Å². The van der Waals surface area contributed by atoms with E-state index in [9.17, 15) is 4.79 Å². The average Bonchev–Trinajstić information content (AvgIpc) is 3.23. The van der Waals surface area contributed by atoms with Gasteiger partial charge in [-0.3, -0.25) is 4.79 Å². The molecule has 0 aliphatic heterocycles. The van der Waals surface area contributed by atoms with Crippen LogP contribution in [0.1, 0.15) is 15.9 Å². The molecule has 1 aromatic heterocycles. The lowest BCUT2D eigenvalue weighted by molar-refractivity contribution is 0.102. The lowest BCUT2D eigenvalue weighted by Gasteiger charge is -2.11. The molecule has 1 amide bonds. The van der Waals surface area contributed by atoms with E-state index in [-0.39, 0.29) is 5.91 Å². The maximum absolute atomic E-state index is 12.9. The quantitative estimate of drug-likeness (QED) is 0.204. The highest BCUT2D eigenvalue weighted by molar-refractivity contribution is 7.98. The van der Waals surface area contributed by atoms with Gasteiger partial charge in [0.05, 0.1) is 12.5 Å². The van der Waals surface area contributed by atoms with Crippen molar-refractivity contribution < 1.29 is 9.21 Å². The Labute approximate surface area is 172 Å². The van der Waals surface area contributed by atoms with E-state index >= 15 is 0 Å². The Kier molecular flexibility index (Phi) is 5.35. The smallest absolute Gasteiger partial charge is 0.255 e. The first-order valence-electron chi connectivity index (χ1n) is 8.98. The predicted octanol–water partition coefficient (Wildman–Crippen LogP) is 5.37. The normalized spacial score (nSPS) is 11.2. The topological polar surface area (TPSA) is 80.6 Å². The monoisotopic (exact) mass is 401 g/mol. The minimum atomic E-state index is -0.166. The highest BCUT2D eigenvalue weighted by Gasteiger charge is 2.14. The first-order chi connectivity index (χ1) is 14.2. The molecule has 0 aliphatic rings. The summed E-state index contributed by atoms with van der Waals surface area (Å²) in [6, 6.07) is 21.0. The van der Waals surface area contributed by atoms with Crippen molar-refractivity contribution in [3.8, 4) is 11.1 Å². The number of hydrazone groups is 1. The van der Waals surface area contributed by atoms with Crippen molar-refractivity contribution in [3.63, 3.8) is 0 Å². The van der Waals surface area contributed by atoms with Gasteiger partial charge in [-0.2, -0.15) is 5.10 Å². The fourth-order valence-electron chi connectivity index (χ4n) is 3.20. The van der Waals surface area contributed by atoms with E-state index in [1.807, 2.05) is 73.0 Å². The molecule has 0 radical (unpaired) electrons. The van der Waals surface area contributed by atoms with Crippen LogP contribution >= 0.6 is 11.8 Å². The number of anilines is 1. The molecule has 0 unspecified atom stereocenters.